The highest BCUT2D eigenvalue weighted by Gasteiger charge is 2.24. The van der Waals surface area contributed by atoms with Crippen molar-refractivity contribution >= 4 is 15.9 Å². The minimum absolute atomic E-state index is 0.431. The van der Waals surface area contributed by atoms with E-state index in [2.05, 4.69) is 46.1 Å². The second-order valence-electron chi connectivity index (χ2n) is 5.41. The van der Waals surface area contributed by atoms with Gasteiger partial charge in [-0.05, 0) is 46.8 Å². The van der Waals surface area contributed by atoms with E-state index in [1.807, 2.05) is 6.07 Å². The molecule has 0 aliphatic carbocycles. The minimum atomic E-state index is 0.431. The molecule has 2 rings (SSSR count). The second-order valence-corrected chi connectivity index (χ2v) is 6.20. The molecule has 0 radical (unpaired) electrons. The first kappa shape index (κ1) is 14.1. The van der Waals surface area contributed by atoms with Crippen molar-refractivity contribution in [2.75, 3.05) is 26.2 Å². The van der Waals surface area contributed by atoms with Crippen molar-refractivity contribution in [2.24, 2.45) is 5.92 Å². The molecule has 2 heterocycles. The van der Waals surface area contributed by atoms with Gasteiger partial charge >= 0.3 is 0 Å². The summed E-state index contributed by atoms with van der Waals surface area (Å²) >= 11 is 3.41. The Morgan fingerprint density at radius 3 is 2.56 bits per heavy atom. The fourth-order valence-corrected chi connectivity index (χ4v) is 2.82. The molecule has 0 saturated carbocycles. The molecule has 1 aliphatic rings. The first-order chi connectivity index (χ1) is 8.66. The zero-order valence-electron chi connectivity index (χ0n) is 11.3. The Hall–Kier alpha value is -0.320. The van der Waals surface area contributed by atoms with Crippen LogP contribution in [0.4, 0.5) is 0 Å². The van der Waals surface area contributed by atoms with Crippen molar-refractivity contribution in [2.45, 2.75) is 32.7 Å². The Morgan fingerprint density at radius 1 is 1.28 bits per heavy atom. The largest absolute Gasteiger partial charge is 0.453 e. The molecule has 0 spiro atoms. The fraction of sp³-hybridized carbons (Fsp3) is 0.714. The molecule has 0 aromatic carbocycles. The number of rotatable bonds is 5. The third-order valence-electron chi connectivity index (χ3n) is 3.53. The van der Waals surface area contributed by atoms with Crippen LogP contribution in [0.1, 0.15) is 38.5 Å². The summed E-state index contributed by atoms with van der Waals surface area (Å²) < 4.78 is 6.62. The lowest BCUT2D eigenvalue weighted by molar-refractivity contribution is 0.140. The zero-order chi connectivity index (χ0) is 13.0. The summed E-state index contributed by atoms with van der Waals surface area (Å²) in [6.45, 7) is 8.96. The van der Waals surface area contributed by atoms with Crippen LogP contribution in [0.2, 0.25) is 0 Å². The van der Waals surface area contributed by atoms with Gasteiger partial charge in [0.25, 0.3) is 0 Å². The van der Waals surface area contributed by atoms with E-state index in [4.69, 9.17) is 4.42 Å². The van der Waals surface area contributed by atoms with Crippen molar-refractivity contribution in [1.82, 2.24) is 10.2 Å². The SMILES string of the molecule is CC(C)CC[C@H](c1ccc(Br)o1)N1CCNCC1. The van der Waals surface area contributed by atoms with E-state index in [1.165, 1.54) is 12.8 Å². The van der Waals surface area contributed by atoms with E-state index in [-0.39, 0.29) is 0 Å². The molecule has 0 unspecified atom stereocenters. The molecule has 18 heavy (non-hydrogen) atoms. The normalized spacial score (nSPS) is 19.3. The molecule has 102 valence electrons. The summed E-state index contributed by atoms with van der Waals surface area (Å²) in [6.07, 6.45) is 2.42. The van der Waals surface area contributed by atoms with Crippen molar-refractivity contribution in [1.29, 1.82) is 0 Å². The highest BCUT2D eigenvalue weighted by atomic mass is 79.9. The van der Waals surface area contributed by atoms with Crippen molar-refractivity contribution in [3.8, 4) is 0 Å². The van der Waals surface area contributed by atoms with Crippen LogP contribution in [0.25, 0.3) is 0 Å². The summed E-state index contributed by atoms with van der Waals surface area (Å²) in [6, 6.07) is 4.54. The molecular formula is C14H23BrN2O. The van der Waals surface area contributed by atoms with Gasteiger partial charge in [-0.2, -0.15) is 0 Å². The Labute approximate surface area is 118 Å². The molecular weight excluding hydrogens is 292 g/mol. The third-order valence-corrected chi connectivity index (χ3v) is 3.96. The average Bonchev–Trinajstić information content (AvgIpc) is 2.77. The molecule has 0 amide bonds. The number of halogens is 1. The molecule has 1 saturated heterocycles. The zero-order valence-corrected chi connectivity index (χ0v) is 12.9. The van der Waals surface area contributed by atoms with Gasteiger partial charge in [-0.3, -0.25) is 4.90 Å². The van der Waals surface area contributed by atoms with Crippen molar-refractivity contribution in [3.63, 3.8) is 0 Å². The number of hydrogen-bond donors (Lipinski definition) is 1. The fourth-order valence-electron chi connectivity index (χ4n) is 2.50. The lowest BCUT2D eigenvalue weighted by atomic mass is 10.00. The maximum atomic E-state index is 5.79. The maximum absolute atomic E-state index is 5.79. The number of piperazine rings is 1. The third kappa shape index (κ3) is 3.84. The molecule has 1 aliphatic heterocycles. The van der Waals surface area contributed by atoms with E-state index < -0.39 is 0 Å². The smallest absolute Gasteiger partial charge is 0.169 e. The van der Waals surface area contributed by atoms with Crippen LogP contribution >= 0.6 is 15.9 Å². The minimum Gasteiger partial charge on any atom is -0.453 e. The summed E-state index contributed by atoms with van der Waals surface area (Å²) in [5.74, 6) is 1.85. The highest BCUT2D eigenvalue weighted by Crippen LogP contribution is 2.30. The first-order valence-corrected chi connectivity index (χ1v) is 7.66. The Balaban J connectivity index is 2.06. The van der Waals surface area contributed by atoms with Gasteiger partial charge in [0, 0.05) is 26.2 Å². The summed E-state index contributed by atoms with van der Waals surface area (Å²) in [4.78, 5) is 2.55. The lowest BCUT2D eigenvalue weighted by Crippen LogP contribution is -2.45. The van der Waals surface area contributed by atoms with Crippen LogP contribution in [-0.4, -0.2) is 31.1 Å². The molecule has 1 N–H and O–H groups in total. The number of furan rings is 1. The average molecular weight is 315 g/mol. The lowest BCUT2D eigenvalue weighted by Gasteiger charge is -2.34. The Morgan fingerprint density at radius 2 is 2.00 bits per heavy atom. The quantitative estimate of drug-likeness (QED) is 0.902. The Bertz CT molecular complexity index is 358. The van der Waals surface area contributed by atoms with E-state index >= 15 is 0 Å². The van der Waals surface area contributed by atoms with Crippen LogP contribution < -0.4 is 5.32 Å². The van der Waals surface area contributed by atoms with Crippen LogP contribution in [0, 0.1) is 5.92 Å². The maximum Gasteiger partial charge on any atom is 0.169 e. The molecule has 0 bridgehead atoms. The van der Waals surface area contributed by atoms with Crippen LogP contribution in [-0.2, 0) is 0 Å². The number of hydrogen-bond acceptors (Lipinski definition) is 3. The molecule has 4 heteroatoms. The molecule has 3 nitrogen and oxygen atoms in total. The van der Waals surface area contributed by atoms with E-state index in [1.54, 1.807) is 0 Å². The van der Waals surface area contributed by atoms with Gasteiger partial charge in [-0.25, -0.2) is 0 Å². The summed E-state index contributed by atoms with van der Waals surface area (Å²) in [7, 11) is 0. The van der Waals surface area contributed by atoms with Gasteiger partial charge in [-0.1, -0.05) is 13.8 Å². The molecule has 1 aromatic heterocycles. The molecule has 1 fully saturated rings. The van der Waals surface area contributed by atoms with Gasteiger partial charge < -0.3 is 9.73 Å². The van der Waals surface area contributed by atoms with Crippen LogP contribution in [0.5, 0.6) is 0 Å². The van der Waals surface area contributed by atoms with E-state index in [0.29, 0.717) is 6.04 Å². The molecule has 1 aromatic rings. The number of nitrogens with zero attached hydrogens (tertiary/aromatic N) is 1. The van der Waals surface area contributed by atoms with E-state index in [0.717, 1.165) is 42.5 Å². The molecule has 1 atom stereocenters. The standard InChI is InChI=1S/C14H23BrN2O/c1-11(2)3-4-12(13-5-6-14(15)18-13)17-9-7-16-8-10-17/h5-6,11-12,16H,3-4,7-10H2,1-2H3/t12-/m1/s1. The van der Waals surface area contributed by atoms with Gasteiger partial charge in [0.15, 0.2) is 4.67 Å². The summed E-state index contributed by atoms with van der Waals surface area (Å²) in [5, 5.41) is 3.41. The van der Waals surface area contributed by atoms with Crippen LogP contribution in [0.15, 0.2) is 21.2 Å². The van der Waals surface area contributed by atoms with Gasteiger partial charge in [0.1, 0.15) is 5.76 Å². The van der Waals surface area contributed by atoms with Crippen LogP contribution in [0.3, 0.4) is 0 Å². The van der Waals surface area contributed by atoms with Gasteiger partial charge in [-0.15, -0.1) is 0 Å². The Kier molecular flexibility index (Phi) is 5.27. The highest BCUT2D eigenvalue weighted by molar-refractivity contribution is 9.10. The predicted octanol–water partition coefficient (Wildman–Crippen LogP) is 3.42. The topological polar surface area (TPSA) is 28.4 Å². The first-order valence-electron chi connectivity index (χ1n) is 6.87. The predicted molar refractivity (Wildman–Crippen MR) is 77.7 cm³/mol. The van der Waals surface area contributed by atoms with Gasteiger partial charge in [0.2, 0.25) is 0 Å². The van der Waals surface area contributed by atoms with Crippen molar-refractivity contribution in [3.05, 3.63) is 22.6 Å². The monoisotopic (exact) mass is 314 g/mol. The van der Waals surface area contributed by atoms with Crippen molar-refractivity contribution < 1.29 is 4.42 Å². The second kappa shape index (κ2) is 6.73. The van der Waals surface area contributed by atoms with E-state index in [9.17, 15) is 0 Å². The number of nitrogens with one attached hydrogen (secondary N) is 1. The van der Waals surface area contributed by atoms with Gasteiger partial charge in [0.05, 0.1) is 6.04 Å². The summed E-state index contributed by atoms with van der Waals surface area (Å²) in [5.41, 5.74) is 0.